The number of aliphatic hydroxyl groups excluding tert-OH is 1. The molecule has 0 spiro atoms. The van der Waals surface area contributed by atoms with E-state index in [9.17, 15) is 9.90 Å². The lowest BCUT2D eigenvalue weighted by molar-refractivity contribution is -0.118. The van der Waals surface area contributed by atoms with Gasteiger partial charge in [-0.1, -0.05) is 19.3 Å². The third-order valence-electron chi connectivity index (χ3n) is 5.28. The first-order chi connectivity index (χ1) is 12.6. The highest BCUT2D eigenvalue weighted by molar-refractivity contribution is 5.92. The molecule has 1 amide bonds. The molecule has 0 unspecified atom stereocenters. The van der Waals surface area contributed by atoms with Gasteiger partial charge in [-0.2, -0.15) is 0 Å². The Balaban J connectivity index is 2.00. The molecule has 0 radical (unpaired) electrons. The highest BCUT2D eigenvalue weighted by atomic mass is 16.5. The van der Waals surface area contributed by atoms with E-state index in [1.165, 1.54) is 32.1 Å². The second-order valence-corrected chi connectivity index (χ2v) is 6.98. The highest BCUT2D eigenvalue weighted by Crippen LogP contribution is 2.29. The molecule has 2 N–H and O–H groups in total. The van der Waals surface area contributed by atoms with Crippen molar-refractivity contribution in [3.05, 3.63) is 18.2 Å². The van der Waals surface area contributed by atoms with E-state index < -0.39 is 0 Å². The number of amides is 1. The van der Waals surface area contributed by atoms with Crippen molar-refractivity contribution in [3.8, 4) is 11.5 Å². The zero-order chi connectivity index (χ0) is 18.9. The van der Waals surface area contributed by atoms with Crippen molar-refractivity contribution in [1.29, 1.82) is 0 Å². The largest absolute Gasteiger partial charge is 0.497 e. The minimum Gasteiger partial charge on any atom is -0.497 e. The van der Waals surface area contributed by atoms with E-state index in [2.05, 4.69) is 17.1 Å². The van der Waals surface area contributed by atoms with Crippen LogP contribution in [-0.2, 0) is 4.79 Å². The number of hydrogen-bond acceptors (Lipinski definition) is 5. The van der Waals surface area contributed by atoms with Gasteiger partial charge in [0.05, 0.1) is 27.4 Å². The van der Waals surface area contributed by atoms with Crippen LogP contribution in [0, 0.1) is 5.92 Å². The number of aliphatic hydroxyl groups is 1. The first-order valence-electron chi connectivity index (χ1n) is 9.45. The molecule has 0 saturated heterocycles. The Hall–Kier alpha value is -1.79. The van der Waals surface area contributed by atoms with E-state index in [0.717, 1.165) is 0 Å². The van der Waals surface area contributed by atoms with Gasteiger partial charge in [-0.15, -0.1) is 0 Å². The van der Waals surface area contributed by atoms with Crippen LogP contribution < -0.4 is 14.8 Å². The fraction of sp³-hybridized carbons (Fsp3) is 0.650. The third kappa shape index (κ3) is 5.88. The molecule has 0 heterocycles. The van der Waals surface area contributed by atoms with E-state index in [0.29, 0.717) is 29.6 Å². The molecule has 0 aliphatic heterocycles. The Morgan fingerprint density at radius 1 is 1.19 bits per heavy atom. The van der Waals surface area contributed by atoms with Crippen LogP contribution in [0.15, 0.2) is 18.2 Å². The molecule has 1 aliphatic carbocycles. The van der Waals surface area contributed by atoms with Crippen LogP contribution in [-0.4, -0.2) is 55.9 Å². The van der Waals surface area contributed by atoms with Gasteiger partial charge < -0.3 is 19.9 Å². The van der Waals surface area contributed by atoms with Crippen molar-refractivity contribution < 1.29 is 19.4 Å². The Morgan fingerprint density at radius 2 is 1.81 bits per heavy atom. The number of rotatable bonds is 9. The Bertz CT molecular complexity index is 551. The number of nitrogens with one attached hydrogen (secondary N) is 1. The monoisotopic (exact) mass is 364 g/mol. The van der Waals surface area contributed by atoms with E-state index >= 15 is 0 Å². The van der Waals surface area contributed by atoms with Gasteiger partial charge >= 0.3 is 0 Å². The maximum Gasteiger partial charge on any atom is 0.238 e. The number of ether oxygens (including phenoxy) is 2. The SMILES string of the molecule is COc1cc(NC(=O)CN(CCO)[C@H](C)C2CCCCC2)cc(OC)c1. The second-order valence-electron chi connectivity index (χ2n) is 6.98. The van der Waals surface area contributed by atoms with Crippen molar-refractivity contribution in [1.82, 2.24) is 4.90 Å². The molecule has 1 aliphatic rings. The lowest BCUT2D eigenvalue weighted by Gasteiger charge is -2.36. The van der Waals surface area contributed by atoms with Crippen LogP contribution >= 0.6 is 0 Å². The van der Waals surface area contributed by atoms with E-state index in [4.69, 9.17) is 9.47 Å². The smallest absolute Gasteiger partial charge is 0.238 e. The summed E-state index contributed by atoms with van der Waals surface area (Å²) in [5, 5.41) is 12.3. The summed E-state index contributed by atoms with van der Waals surface area (Å²) in [7, 11) is 3.16. The summed E-state index contributed by atoms with van der Waals surface area (Å²) in [6.45, 7) is 3.00. The summed E-state index contributed by atoms with van der Waals surface area (Å²) in [6, 6.07) is 5.58. The van der Waals surface area contributed by atoms with Gasteiger partial charge in [0.25, 0.3) is 0 Å². The molecule has 1 aromatic rings. The molecule has 0 aromatic heterocycles. The molecule has 2 rings (SSSR count). The average molecular weight is 364 g/mol. The lowest BCUT2D eigenvalue weighted by atomic mass is 9.84. The Labute approximate surface area is 156 Å². The topological polar surface area (TPSA) is 71.0 Å². The first-order valence-corrected chi connectivity index (χ1v) is 9.45. The fourth-order valence-corrected chi connectivity index (χ4v) is 3.73. The molecule has 26 heavy (non-hydrogen) atoms. The molecule has 1 aromatic carbocycles. The normalized spacial score (nSPS) is 16.3. The van der Waals surface area contributed by atoms with E-state index in [1.54, 1.807) is 32.4 Å². The van der Waals surface area contributed by atoms with Crippen molar-refractivity contribution in [3.63, 3.8) is 0 Å². The molecule has 1 saturated carbocycles. The van der Waals surface area contributed by atoms with Crippen molar-refractivity contribution in [2.75, 3.05) is 39.2 Å². The van der Waals surface area contributed by atoms with Gasteiger partial charge in [-0.05, 0) is 25.7 Å². The molecule has 146 valence electrons. The molecule has 1 fully saturated rings. The van der Waals surface area contributed by atoms with Crippen LogP contribution in [0.25, 0.3) is 0 Å². The van der Waals surface area contributed by atoms with Crippen LogP contribution in [0.2, 0.25) is 0 Å². The highest BCUT2D eigenvalue weighted by Gasteiger charge is 2.26. The predicted molar refractivity (Wildman–Crippen MR) is 103 cm³/mol. The van der Waals surface area contributed by atoms with Crippen molar-refractivity contribution in [2.24, 2.45) is 5.92 Å². The lowest BCUT2D eigenvalue weighted by Crippen LogP contribution is -2.45. The molecular formula is C20H32N2O4. The van der Waals surface area contributed by atoms with Crippen LogP contribution in [0.4, 0.5) is 5.69 Å². The molecular weight excluding hydrogens is 332 g/mol. The number of anilines is 1. The summed E-state index contributed by atoms with van der Waals surface area (Å²) < 4.78 is 10.5. The number of nitrogens with zero attached hydrogens (tertiary/aromatic N) is 1. The zero-order valence-corrected chi connectivity index (χ0v) is 16.2. The van der Waals surface area contributed by atoms with Crippen molar-refractivity contribution >= 4 is 11.6 Å². The van der Waals surface area contributed by atoms with Crippen LogP contribution in [0.1, 0.15) is 39.0 Å². The summed E-state index contributed by atoms with van der Waals surface area (Å²) in [5.41, 5.74) is 0.639. The summed E-state index contributed by atoms with van der Waals surface area (Å²) >= 11 is 0. The van der Waals surface area contributed by atoms with E-state index in [-0.39, 0.29) is 25.1 Å². The number of methoxy groups -OCH3 is 2. The zero-order valence-electron chi connectivity index (χ0n) is 16.2. The Kier molecular flexibility index (Phi) is 8.19. The summed E-state index contributed by atoms with van der Waals surface area (Å²) in [6.07, 6.45) is 6.24. The fourth-order valence-electron chi connectivity index (χ4n) is 3.73. The van der Waals surface area contributed by atoms with E-state index in [1.807, 2.05) is 0 Å². The molecule has 0 bridgehead atoms. The number of hydrogen-bond donors (Lipinski definition) is 2. The number of benzene rings is 1. The van der Waals surface area contributed by atoms with Gasteiger partial charge in [-0.25, -0.2) is 0 Å². The van der Waals surface area contributed by atoms with Gasteiger partial charge in [0.15, 0.2) is 0 Å². The van der Waals surface area contributed by atoms with Gasteiger partial charge in [0.2, 0.25) is 5.91 Å². The quantitative estimate of drug-likeness (QED) is 0.705. The van der Waals surface area contributed by atoms with Crippen LogP contribution in [0.5, 0.6) is 11.5 Å². The van der Waals surface area contributed by atoms with Crippen LogP contribution in [0.3, 0.4) is 0 Å². The minimum absolute atomic E-state index is 0.0529. The molecule has 6 nitrogen and oxygen atoms in total. The summed E-state index contributed by atoms with van der Waals surface area (Å²) in [5.74, 6) is 1.75. The van der Waals surface area contributed by atoms with Gasteiger partial charge in [-0.3, -0.25) is 9.69 Å². The third-order valence-corrected chi connectivity index (χ3v) is 5.28. The predicted octanol–water partition coefficient (Wildman–Crippen LogP) is 2.91. The van der Waals surface area contributed by atoms with Gasteiger partial charge in [0, 0.05) is 36.5 Å². The molecule has 6 heteroatoms. The maximum atomic E-state index is 12.6. The van der Waals surface area contributed by atoms with Crippen molar-refractivity contribution in [2.45, 2.75) is 45.1 Å². The molecule has 1 atom stereocenters. The number of carbonyl (C=O) groups excluding carboxylic acids is 1. The second kappa shape index (κ2) is 10.4. The maximum absolute atomic E-state index is 12.6. The minimum atomic E-state index is -0.101. The average Bonchev–Trinajstić information content (AvgIpc) is 2.67. The Morgan fingerprint density at radius 3 is 2.35 bits per heavy atom. The first kappa shape index (κ1) is 20.5. The standard InChI is InChI=1S/C20H32N2O4/c1-15(16-7-5-4-6-8-16)22(9-10-23)14-20(24)21-17-11-18(25-2)13-19(12-17)26-3/h11-13,15-16,23H,4-10,14H2,1-3H3,(H,21,24)/t15-/m1/s1. The summed E-state index contributed by atoms with van der Waals surface area (Å²) in [4.78, 5) is 14.7. The van der Waals surface area contributed by atoms with Gasteiger partial charge in [0.1, 0.15) is 11.5 Å². The number of carbonyl (C=O) groups is 1.